The highest BCUT2D eigenvalue weighted by molar-refractivity contribution is 7.90. The zero-order chi connectivity index (χ0) is 22.9. The van der Waals surface area contributed by atoms with Crippen LogP contribution in [0.3, 0.4) is 0 Å². The highest BCUT2D eigenvalue weighted by atomic mass is 32.2. The predicted octanol–water partition coefficient (Wildman–Crippen LogP) is 5.00. The van der Waals surface area contributed by atoms with E-state index in [0.717, 1.165) is 12.1 Å². The first kappa shape index (κ1) is 21.6. The molecular formula is C21H15F3N2O5S. The summed E-state index contributed by atoms with van der Waals surface area (Å²) in [6.45, 7) is 0. The minimum absolute atomic E-state index is 0.0343. The van der Waals surface area contributed by atoms with E-state index in [1.54, 1.807) is 12.1 Å². The van der Waals surface area contributed by atoms with Crippen LogP contribution in [-0.2, 0) is 21.8 Å². The fraction of sp³-hybridized carbons (Fsp3) is 0.143. The average molecular weight is 464 g/mol. The van der Waals surface area contributed by atoms with Gasteiger partial charge in [0.05, 0.1) is 17.6 Å². The van der Waals surface area contributed by atoms with Crippen molar-refractivity contribution in [1.29, 1.82) is 0 Å². The minimum atomic E-state index is -4.45. The van der Waals surface area contributed by atoms with Crippen LogP contribution in [0.15, 0.2) is 74.5 Å². The maximum Gasteiger partial charge on any atom is 0.416 e. The van der Waals surface area contributed by atoms with E-state index in [2.05, 4.69) is 10.1 Å². The van der Waals surface area contributed by atoms with Gasteiger partial charge in [-0.25, -0.2) is 8.42 Å². The van der Waals surface area contributed by atoms with Crippen molar-refractivity contribution in [1.82, 2.24) is 10.1 Å². The highest BCUT2D eigenvalue weighted by Crippen LogP contribution is 2.31. The fourth-order valence-electron chi connectivity index (χ4n) is 2.87. The van der Waals surface area contributed by atoms with Crippen molar-refractivity contribution in [2.24, 2.45) is 0 Å². The maximum absolute atomic E-state index is 12.7. The van der Waals surface area contributed by atoms with Crippen LogP contribution in [0.5, 0.6) is 5.75 Å². The molecule has 0 saturated heterocycles. The number of sulfone groups is 1. The predicted molar refractivity (Wildman–Crippen MR) is 106 cm³/mol. The van der Waals surface area contributed by atoms with Gasteiger partial charge in [-0.1, -0.05) is 17.3 Å². The summed E-state index contributed by atoms with van der Waals surface area (Å²) in [7, 11) is -2.19. The SMILES string of the molecule is COc1ccc(S(=O)(=O)Cc2ccc(-c3nc(-c4ccc(C(F)(F)F)cc4)no3)o2)cc1. The zero-order valence-electron chi connectivity index (χ0n) is 16.5. The van der Waals surface area contributed by atoms with Crippen molar-refractivity contribution >= 4 is 9.84 Å². The molecule has 0 aliphatic carbocycles. The molecule has 0 fully saturated rings. The van der Waals surface area contributed by atoms with E-state index >= 15 is 0 Å². The third kappa shape index (κ3) is 4.52. The van der Waals surface area contributed by atoms with Crippen molar-refractivity contribution < 1.29 is 35.3 Å². The van der Waals surface area contributed by atoms with Gasteiger partial charge in [0.25, 0.3) is 5.89 Å². The van der Waals surface area contributed by atoms with Gasteiger partial charge < -0.3 is 13.7 Å². The number of ether oxygens (including phenoxy) is 1. The third-order valence-corrected chi connectivity index (χ3v) is 6.17. The Kier molecular flexibility index (Phi) is 5.51. The number of aromatic nitrogens is 2. The Morgan fingerprint density at radius 2 is 1.66 bits per heavy atom. The Bertz CT molecular complexity index is 1330. The standard InChI is InChI=1S/C21H15F3N2O5S/c1-29-15-6-9-17(10-7-15)32(27,28)12-16-8-11-18(30-16)20-25-19(26-31-20)13-2-4-14(5-3-13)21(22,23)24/h2-11H,12H2,1H3. The molecule has 0 unspecified atom stereocenters. The molecule has 2 aromatic heterocycles. The molecule has 0 amide bonds. The number of benzene rings is 2. The van der Waals surface area contributed by atoms with Crippen LogP contribution in [0.25, 0.3) is 23.0 Å². The van der Waals surface area contributed by atoms with Crippen LogP contribution in [-0.4, -0.2) is 25.7 Å². The molecule has 2 aromatic carbocycles. The molecular weight excluding hydrogens is 449 g/mol. The second-order valence-corrected chi connectivity index (χ2v) is 8.69. The summed E-state index contributed by atoms with van der Waals surface area (Å²) >= 11 is 0. The summed E-state index contributed by atoms with van der Waals surface area (Å²) in [6, 6.07) is 13.2. The molecule has 0 aliphatic heterocycles. The summed E-state index contributed by atoms with van der Waals surface area (Å²) in [5.41, 5.74) is -0.472. The van der Waals surface area contributed by atoms with Crippen molar-refractivity contribution in [3.05, 3.63) is 72.0 Å². The van der Waals surface area contributed by atoms with Gasteiger partial charge in [0, 0.05) is 5.56 Å². The van der Waals surface area contributed by atoms with E-state index in [4.69, 9.17) is 13.7 Å². The molecule has 0 spiro atoms. The number of rotatable bonds is 6. The molecule has 4 aromatic rings. The second kappa shape index (κ2) is 8.15. The lowest BCUT2D eigenvalue weighted by atomic mass is 10.1. The number of methoxy groups -OCH3 is 1. The van der Waals surface area contributed by atoms with Gasteiger partial charge in [-0.15, -0.1) is 0 Å². The number of furan rings is 1. The lowest BCUT2D eigenvalue weighted by Crippen LogP contribution is -2.04. The van der Waals surface area contributed by atoms with Crippen molar-refractivity contribution in [2.75, 3.05) is 7.11 Å². The number of halogens is 3. The molecule has 0 atom stereocenters. The van der Waals surface area contributed by atoms with Crippen LogP contribution < -0.4 is 4.74 Å². The first-order valence-electron chi connectivity index (χ1n) is 9.13. The van der Waals surface area contributed by atoms with Crippen LogP contribution in [0.1, 0.15) is 11.3 Å². The summed E-state index contributed by atoms with van der Waals surface area (Å²) in [6.07, 6.45) is -4.45. The summed E-state index contributed by atoms with van der Waals surface area (Å²) in [5.74, 6) is 0.467. The second-order valence-electron chi connectivity index (χ2n) is 6.70. The molecule has 0 radical (unpaired) electrons. The van der Waals surface area contributed by atoms with Gasteiger partial charge in [-0.05, 0) is 48.5 Å². The minimum Gasteiger partial charge on any atom is -0.497 e. The smallest absolute Gasteiger partial charge is 0.416 e. The van der Waals surface area contributed by atoms with E-state index in [1.807, 2.05) is 0 Å². The monoisotopic (exact) mass is 464 g/mol. The fourth-order valence-corrected chi connectivity index (χ4v) is 4.12. The Labute approximate surface area is 180 Å². The Balaban J connectivity index is 1.51. The van der Waals surface area contributed by atoms with Gasteiger partial charge >= 0.3 is 6.18 Å². The van der Waals surface area contributed by atoms with E-state index in [-0.39, 0.29) is 33.9 Å². The molecule has 0 bridgehead atoms. The largest absolute Gasteiger partial charge is 0.497 e. The number of alkyl halides is 3. The lowest BCUT2D eigenvalue weighted by Gasteiger charge is -2.05. The van der Waals surface area contributed by atoms with Crippen LogP contribution in [0.4, 0.5) is 13.2 Å². The first-order chi connectivity index (χ1) is 15.2. The molecule has 0 N–H and O–H groups in total. The number of hydrogen-bond donors (Lipinski definition) is 0. The van der Waals surface area contributed by atoms with Gasteiger partial charge in [-0.3, -0.25) is 0 Å². The van der Waals surface area contributed by atoms with Crippen molar-refractivity contribution in [2.45, 2.75) is 16.8 Å². The van der Waals surface area contributed by atoms with Crippen LogP contribution in [0.2, 0.25) is 0 Å². The van der Waals surface area contributed by atoms with E-state index < -0.39 is 21.6 Å². The first-order valence-corrected chi connectivity index (χ1v) is 10.8. The zero-order valence-corrected chi connectivity index (χ0v) is 17.3. The average Bonchev–Trinajstić information content (AvgIpc) is 3.43. The molecule has 4 rings (SSSR count). The topological polar surface area (TPSA) is 95.4 Å². The molecule has 11 heteroatoms. The summed E-state index contributed by atoms with van der Waals surface area (Å²) in [4.78, 5) is 4.22. The quantitative estimate of drug-likeness (QED) is 0.396. The van der Waals surface area contributed by atoms with Crippen molar-refractivity contribution in [3.8, 4) is 28.8 Å². The lowest BCUT2D eigenvalue weighted by molar-refractivity contribution is -0.137. The summed E-state index contributed by atoms with van der Waals surface area (Å²) in [5, 5.41) is 3.74. The molecule has 2 heterocycles. The van der Waals surface area contributed by atoms with Gasteiger partial charge in [-0.2, -0.15) is 18.2 Å². The van der Waals surface area contributed by atoms with Gasteiger partial charge in [0.2, 0.25) is 5.82 Å². The Hall–Kier alpha value is -3.60. The molecule has 166 valence electrons. The highest BCUT2D eigenvalue weighted by Gasteiger charge is 2.30. The van der Waals surface area contributed by atoms with Crippen LogP contribution in [0, 0.1) is 0 Å². The van der Waals surface area contributed by atoms with Gasteiger partial charge in [0.1, 0.15) is 17.3 Å². The summed E-state index contributed by atoms with van der Waals surface area (Å²) < 4.78 is 79.0. The van der Waals surface area contributed by atoms with Crippen LogP contribution >= 0.6 is 0 Å². The Morgan fingerprint density at radius 3 is 2.28 bits per heavy atom. The van der Waals surface area contributed by atoms with E-state index in [0.29, 0.717) is 11.3 Å². The molecule has 0 saturated carbocycles. The van der Waals surface area contributed by atoms with E-state index in [9.17, 15) is 21.6 Å². The normalized spacial score (nSPS) is 12.1. The third-order valence-electron chi connectivity index (χ3n) is 4.52. The van der Waals surface area contributed by atoms with Crippen molar-refractivity contribution in [3.63, 3.8) is 0 Å². The molecule has 7 nitrogen and oxygen atoms in total. The molecule has 32 heavy (non-hydrogen) atoms. The van der Waals surface area contributed by atoms with Gasteiger partial charge in [0.15, 0.2) is 15.6 Å². The number of hydrogen-bond acceptors (Lipinski definition) is 7. The maximum atomic E-state index is 12.7. The number of nitrogens with zero attached hydrogens (tertiary/aromatic N) is 2. The Morgan fingerprint density at radius 1 is 0.969 bits per heavy atom. The molecule has 0 aliphatic rings. The van der Waals surface area contributed by atoms with E-state index in [1.165, 1.54) is 43.5 Å².